The van der Waals surface area contributed by atoms with Crippen LogP contribution in [0.2, 0.25) is 0 Å². The first-order chi connectivity index (χ1) is 8.50. The van der Waals surface area contributed by atoms with Gasteiger partial charge in [0.25, 0.3) is 11.5 Å². The van der Waals surface area contributed by atoms with Crippen molar-refractivity contribution in [1.29, 1.82) is 0 Å². The third-order valence-electron chi connectivity index (χ3n) is 2.81. The van der Waals surface area contributed by atoms with Crippen molar-refractivity contribution in [1.82, 2.24) is 10.3 Å². The fraction of sp³-hybridized carbons (Fsp3) is 0.286. The van der Waals surface area contributed by atoms with Crippen molar-refractivity contribution in [2.45, 2.75) is 26.8 Å². The minimum Gasteiger partial charge on any atom is -0.350 e. The number of nitrogens with one attached hydrogen (secondary N) is 2. The molecule has 2 aromatic rings. The maximum absolute atomic E-state index is 12.2. The normalized spacial score (nSPS) is 10.9. The number of pyridine rings is 1. The van der Waals surface area contributed by atoms with E-state index in [2.05, 4.69) is 10.3 Å². The highest BCUT2D eigenvalue weighted by atomic mass is 16.2. The Labute approximate surface area is 105 Å². The lowest BCUT2D eigenvalue weighted by Gasteiger charge is -2.12. The van der Waals surface area contributed by atoms with Crippen molar-refractivity contribution in [3.8, 4) is 0 Å². The number of hydrogen-bond acceptors (Lipinski definition) is 2. The molecule has 0 spiro atoms. The van der Waals surface area contributed by atoms with E-state index in [4.69, 9.17) is 0 Å². The lowest BCUT2D eigenvalue weighted by atomic mass is 10.0. The molecule has 0 unspecified atom stereocenters. The summed E-state index contributed by atoms with van der Waals surface area (Å²) in [5, 5.41) is 3.60. The minimum atomic E-state index is -0.220. The van der Waals surface area contributed by atoms with Crippen LogP contribution in [-0.4, -0.2) is 16.9 Å². The molecule has 1 aromatic heterocycles. The summed E-state index contributed by atoms with van der Waals surface area (Å²) >= 11 is 0. The van der Waals surface area contributed by atoms with Crippen molar-refractivity contribution < 1.29 is 4.79 Å². The fourth-order valence-corrected chi connectivity index (χ4v) is 1.97. The zero-order valence-electron chi connectivity index (χ0n) is 10.7. The molecule has 18 heavy (non-hydrogen) atoms. The van der Waals surface area contributed by atoms with Crippen LogP contribution in [-0.2, 0) is 0 Å². The van der Waals surface area contributed by atoms with E-state index in [1.807, 2.05) is 32.0 Å². The molecular weight excluding hydrogens is 228 g/mol. The van der Waals surface area contributed by atoms with E-state index < -0.39 is 0 Å². The number of benzene rings is 1. The Hall–Kier alpha value is -2.10. The number of rotatable bonds is 2. The largest absolute Gasteiger partial charge is 0.350 e. The van der Waals surface area contributed by atoms with Gasteiger partial charge in [-0.05, 0) is 26.8 Å². The summed E-state index contributed by atoms with van der Waals surface area (Å²) in [6.45, 7) is 5.45. The number of amides is 1. The van der Waals surface area contributed by atoms with Crippen molar-refractivity contribution >= 4 is 16.8 Å². The van der Waals surface area contributed by atoms with Crippen LogP contribution in [0.15, 0.2) is 29.1 Å². The molecule has 1 heterocycles. The highest BCUT2D eigenvalue weighted by molar-refractivity contribution is 6.07. The van der Waals surface area contributed by atoms with Crippen LogP contribution in [0.5, 0.6) is 0 Å². The van der Waals surface area contributed by atoms with Gasteiger partial charge in [-0.15, -0.1) is 0 Å². The standard InChI is InChI=1S/C14H16N2O2/c1-8(2)15-14(18)12-9(3)13(17)16-11-7-5-4-6-10(11)12/h4-8H,1-3H3,(H,15,18)(H,16,17). The Morgan fingerprint density at radius 1 is 1.28 bits per heavy atom. The highest BCUT2D eigenvalue weighted by Crippen LogP contribution is 2.17. The molecule has 1 aromatic carbocycles. The van der Waals surface area contributed by atoms with Gasteiger partial charge < -0.3 is 10.3 Å². The monoisotopic (exact) mass is 244 g/mol. The minimum absolute atomic E-state index is 0.0370. The second kappa shape index (κ2) is 4.64. The molecule has 0 fully saturated rings. The molecule has 4 nitrogen and oxygen atoms in total. The van der Waals surface area contributed by atoms with E-state index in [0.717, 1.165) is 5.39 Å². The van der Waals surface area contributed by atoms with E-state index >= 15 is 0 Å². The highest BCUT2D eigenvalue weighted by Gasteiger charge is 2.16. The van der Waals surface area contributed by atoms with Crippen LogP contribution in [0.3, 0.4) is 0 Å². The van der Waals surface area contributed by atoms with Gasteiger partial charge in [0.1, 0.15) is 0 Å². The Morgan fingerprint density at radius 3 is 2.61 bits per heavy atom. The first-order valence-electron chi connectivity index (χ1n) is 5.93. The summed E-state index contributed by atoms with van der Waals surface area (Å²) in [7, 11) is 0. The first kappa shape index (κ1) is 12.4. The van der Waals surface area contributed by atoms with E-state index in [-0.39, 0.29) is 17.5 Å². The van der Waals surface area contributed by atoms with Crippen LogP contribution in [0.1, 0.15) is 29.8 Å². The molecule has 0 aliphatic carbocycles. The Kier molecular flexibility index (Phi) is 3.19. The van der Waals surface area contributed by atoms with Crippen molar-refractivity contribution in [2.75, 3.05) is 0 Å². The Morgan fingerprint density at radius 2 is 1.94 bits per heavy atom. The molecule has 0 saturated heterocycles. The summed E-state index contributed by atoms with van der Waals surface area (Å²) in [5.74, 6) is -0.204. The maximum Gasteiger partial charge on any atom is 0.252 e. The predicted octanol–water partition coefficient (Wildman–Crippen LogP) is 1.97. The topological polar surface area (TPSA) is 62.0 Å². The van der Waals surface area contributed by atoms with Crippen molar-refractivity contribution in [2.24, 2.45) is 0 Å². The third-order valence-corrected chi connectivity index (χ3v) is 2.81. The molecule has 94 valence electrons. The van der Waals surface area contributed by atoms with Crippen molar-refractivity contribution in [3.05, 3.63) is 45.7 Å². The number of hydrogen-bond donors (Lipinski definition) is 2. The first-order valence-corrected chi connectivity index (χ1v) is 5.93. The second-order valence-corrected chi connectivity index (χ2v) is 4.63. The lowest BCUT2D eigenvalue weighted by Crippen LogP contribution is -2.32. The predicted molar refractivity (Wildman–Crippen MR) is 71.9 cm³/mol. The lowest BCUT2D eigenvalue weighted by molar-refractivity contribution is 0.0944. The Balaban J connectivity index is 2.71. The summed E-state index contributed by atoms with van der Waals surface area (Å²) in [4.78, 5) is 26.8. The van der Waals surface area contributed by atoms with Gasteiger partial charge in [-0.2, -0.15) is 0 Å². The average Bonchev–Trinajstić information content (AvgIpc) is 2.29. The van der Waals surface area contributed by atoms with Crippen LogP contribution in [0.4, 0.5) is 0 Å². The summed E-state index contributed by atoms with van der Waals surface area (Å²) < 4.78 is 0. The smallest absolute Gasteiger partial charge is 0.252 e. The van der Waals surface area contributed by atoms with Crippen LogP contribution < -0.4 is 10.9 Å². The van der Waals surface area contributed by atoms with Gasteiger partial charge in [0.2, 0.25) is 0 Å². The van der Waals surface area contributed by atoms with E-state index in [1.165, 1.54) is 0 Å². The summed E-state index contributed by atoms with van der Waals surface area (Å²) in [6, 6.07) is 7.36. The average molecular weight is 244 g/mol. The molecule has 0 atom stereocenters. The second-order valence-electron chi connectivity index (χ2n) is 4.63. The maximum atomic E-state index is 12.2. The third kappa shape index (κ3) is 2.14. The fourth-order valence-electron chi connectivity index (χ4n) is 1.97. The van der Waals surface area contributed by atoms with Crippen LogP contribution in [0, 0.1) is 6.92 Å². The molecule has 0 bridgehead atoms. The van der Waals surface area contributed by atoms with Gasteiger partial charge in [-0.25, -0.2) is 0 Å². The number of H-pyrrole nitrogens is 1. The Bertz CT molecular complexity index is 656. The number of carbonyl (C=O) groups excluding carboxylic acids is 1. The van der Waals surface area contributed by atoms with E-state index in [1.54, 1.807) is 13.0 Å². The number of para-hydroxylation sites is 1. The van der Waals surface area contributed by atoms with Crippen molar-refractivity contribution in [3.63, 3.8) is 0 Å². The van der Waals surface area contributed by atoms with Gasteiger partial charge in [0, 0.05) is 22.5 Å². The summed E-state index contributed by atoms with van der Waals surface area (Å²) in [5.41, 5.74) is 1.37. The SMILES string of the molecule is Cc1c(C(=O)NC(C)C)c2ccccc2[nH]c1=O. The number of aromatic nitrogens is 1. The van der Waals surface area contributed by atoms with E-state index in [0.29, 0.717) is 16.6 Å². The molecule has 0 radical (unpaired) electrons. The molecular formula is C14H16N2O2. The molecule has 2 N–H and O–H groups in total. The quantitative estimate of drug-likeness (QED) is 0.848. The van der Waals surface area contributed by atoms with Gasteiger partial charge >= 0.3 is 0 Å². The molecule has 0 saturated carbocycles. The number of fused-ring (bicyclic) bond motifs is 1. The molecule has 1 amide bonds. The van der Waals surface area contributed by atoms with Crippen LogP contribution in [0.25, 0.3) is 10.9 Å². The number of aromatic amines is 1. The summed E-state index contributed by atoms with van der Waals surface area (Å²) in [6.07, 6.45) is 0. The molecule has 2 rings (SSSR count). The molecule has 4 heteroatoms. The molecule has 0 aliphatic heterocycles. The van der Waals surface area contributed by atoms with Gasteiger partial charge in [0.05, 0.1) is 5.56 Å². The van der Waals surface area contributed by atoms with Gasteiger partial charge in [-0.1, -0.05) is 18.2 Å². The zero-order valence-corrected chi connectivity index (χ0v) is 10.7. The zero-order chi connectivity index (χ0) is 13.3. The van der Waals surface area contributed by atoms with Gasteiger partial charge in [0.15, 0.2) is 0 Å². The number of carbonyl (C=O) groups is 1. The van der Waals surface area contributed by atoms with Crippen LogP contribution >= 0.6 is 0 Å². The van der Waals surface area contributed by atoms with E-state index in [9.17, 15) is 9.59 Å². The molecule has 0 aliphatic rings. The van der Waals surface area contributed by atoms with Gasteiger partial charge in [-0.3, -0.25) is 9.59 Å².